The number of hydrogen-bond acceptors (Lipinski definition) is 2. The molecule has 25 heavy (non-hydrogen) atoms. The van der Waals surface area contributed by atoms with Crippen LogP contribution in [0.15, 0.2) is 18.2 Å². The number of rotatable bonds is 5. The van der Waals surface area contributed by atoms with Crippen molar-refractivity contribution in [2.45, 2.75) is 32.4 Å². The highest BCUT2D eigenvalue weighted by molar-refractivity contribution is 6.34. The molecule has 1 unspecified atom stereocenters. The summed E-state index contributed by atoms with van der Waals surface area (Å²) < 4.78 is 38.7. The molecule has 1 atom stereocenters. The molecule has 2 rings (SSSR count). The van der Waals surface area contributed by atoms with Gasteiger partial charge in [0.25, 0.3) is 0 Å². The molecule has 1 aliphatic rings. The van der Waals surface area contributed by atoms with E-state index in [-0.39, 0.29) is 29.6 Å². The topological polar surface area (TPSA) is 40.6 Å². The van der Waals surface area contributed by atoms with Gasteiger partial charge in [0.15, 0.2) is 0 Å². The van der Waals surface area contributed by atoms with Crippen molar-refractivity contribution in [2.24, 2.45) is 5.92 Å². The Bertz CT molecular complexity index is 664. The van der Waals surface area contributed by atoms with Crippen molar-refractivity contribution in [2.75, 3.05) is 25.0 Å². The first-order valence-corrected chi connectivity index (χ1v) is 8.45. The molecule has 0 aromatic heterocycles. The van der Waals surface area contributed by atoms with Crippen molar-refractivity contribution < 1.29 is 22.8 Å². The van der Waals surface area contributed by atoms with Crippen LogP contribution in [-0.4, -0.2) is 36.9 Å². The molecule has 1 aromatic carbocycles. The van der Waals surface area contributed by atoms with Gasteiger partial charge in [0.05, 0.1) is 22.2 Å². The third-order valence-corrected chi connectivity index (χ3v) is 4.58. The Labute approximate surface area is 149 Å². The molecule has 0 saturated carbocycles. The second-order valence-electron chi connectivity index (χ2n) is 6.18. The molecule has 1 fully saturated rings. The highest BCUT2D eigenvalue weighted by atomic mass is 35.5. The van der Waals surface area contributed by atoms with Crippen LogP contribution >= 0.6 is 11.6 Å². The molecule has 8 heteroatoms. The number of alkyl halides is 3. The van der Waals surface area contributed by atoms with Crippen LogP contribution in [0.25, 0.3) is 0 Å². The summed E-state index contributed by atoms with van der Waals surface area (Å²) in [5.41, 5.74) is -0.887. The summed E-state index contributed by atoms with van der Waals surface area (Å²) in [6, 6.07) is 2.84. The van der Waals surface area contributed by atoms with Gasteiger partial charge in [-0.2, -0.15) is 13.2 Å². The van der Waals surface area contributed by atoms with E-state index in [0.717, 1.165) is 31.0 Å². The van der Waals surface area contributed by atoms with Gasteiger partial charge in [-0.05, 0) is 24.6 Å². The number of unbranched alkanes of at least 4 members (excludes halogenated alkanes) is 1. The highest BCUT2D eigenvalue weighted by Gasteiger charge is 2.38. The zero-order chi connectivity index (χ0) is 18.8. The lowest BCUT2D eigenvalue weighted by atomic mass is 10.1. The first kappa shape index (κ1) is 19.6. The van der Waals surface area contributed by atoms with Crippen LogP contribution in [0.2, 0.25) is 5.02 Å². The standard InChI is InChI=1S/C17H20ClF3N2O2/c1-3-4-7-22(2)16(25)11-8-15(24)23(10-11)14-9-12(17(19,20)21)5-6-13(14)18/h5-6,9,11H,3-4,7-8,10H2,1-2H3. The summed E-state index contributed by atoms with van der Waals surface area (Å²) in [6.45, 7) is 2.63. The summed E-state index contributed by atoms with van der Waals surface area (Å²) in [6.07, 6.45) is -2.77. The van der Waals surface area contributed by atoms with E-state index in [1.165, 1.54) is 4.90 Å². The maximum absolute atomic E-state index is 12.9. The van der Waals surface area contributed by atoms with Gasteiger partial charge in [0.2, 0.25) is 11.8 Å². The van der Waals surface area contributed by atoms with Gasteiger partial charge in [0.1, 0.15) is 0 Å². The maximum Gasteiger partial charge on any atom is 0.416 e. The SMILES string of the molecule is CCCCN(C)C(=O)C1CC(=O)N(c2cc(C(F)(F)F)ccc2Cl)C1. The third-order valence-electron chi connectivity index (χ3n) is 4.26. The molecule has 2 amide bonds. The van der Waals surface area contributed by atoms with Crippen LogP contribution in [0.4, 0.5) is 18.9 Å². The van der Waals surface area contributed by atoms with E-state index in [4.69, 9.17) is 11.6 Å². The van der Waals surface area contributed by atoms with Crippen molar-refractivity contribution in [1.29, 1.82) is 0 Å². The summed E-state index contributed by atoms with van der Waals surface area (Å²) >= 11 is 5.99. The van der Waals surface area contributed by atoms with E-state index < -0.39 is 23.6 Å². The maximum atomic E-state index is 12.9. The molecule has 4 nitrogen and oxygen atoms in total. The number of carbonyl (C=O) groups excluding carboxylic acids is 2. The van der Waals surface area contributed by atoms with Gasteiger partial charge in [-0.3, -0.25) is 9.59 Å². The van der Waals surface area contributed by atoms with Gasteiger partial charge in [0, 0.05) is 26.6 Å². The first-order chi connectivity index (χ1) is 11.6. The monoisotopic (exact) mass is 376 g/mol. The molecule has 0 N–H and O–H groups in total. The van der Waals surface area contributed by atoms with Crippen LogP contribution in [-0.2, 0) is 15.8 Å². The Balaban J connectivity index is 2.19. The number of benzene rings is 1. The fourth-order valence-corrected chi connectivity index (χ4v) is 3.04. The smallest absolute Gasteiger partial charge is 0.345 e. The minimum absolute atomic E-state index is 0.00648. The Morgan fingerprint density at radius 1 is 1.40 bits per heavy atom. The van der Waals surface area contributed by atoms with Crippen molar-refractivity contribution in [3.8, 4) is 0 Å². The molecular weight excluding hydrogens is 357 g/mol. The highest BCUT2D eigenvalue weighted by Crippen LogP contribution is 2.37. The molecular formula is C17H20ClF3N2O2. The van der Waals surface area contributed by atoms with Crippen LogP contribution in [0.3, 0.4) is 0 Å². The lowest BCUT2D eigenvalue weighted by molar-refractivity contribution is -0.137. The van der Waals surface area contributed by atoms with Crippen LogP contribution in [0.5, 0.6) is 0 Å². The molecule has 0 aliphatic carbocycles. The lowest BCUT2D eigenvalue weighted by Crippen LogP contribution is -2.35. The molecule has 0 bridgehead atoms. The largest absolute Gasteiger partial charge is 0.416 e. The average molecular weight is 377 g/mol. The van der Waals surface area contributed by atoms with E-state index in [2.05, 4.69) is 0 Å². The summed E-state index contributed by atoms with van der Waals surface area (Å²) in [7, 11) is 1.67. The minimum atomic E-state index is -4.53. The van der Waals surface area contributed by atoms with Crippen molar-refractivity contribution in [1.82, 2.24) is 4.90 Å². The van der Waals surface area contributed by atoms with E-state index in [1.54, 1.807) is 11.9 Å². The Morgan fingerprint density at radius 3 is 2.68 bits per heavy atom. The minimum Gasteiger partial charge on any atom is -0.345 e. The van der Waals surface area contributed by atoms with Gasteiger partial charge in [-0.25, -0.2) is 0 Å². The van der Waals surface area contributed by atoms with Gasteiger partial charge in [-0.15, -0.1) is 0 Å². The Hall–Kier alpha value is -1.76. The van der Waals surface area contributed by atoms with E-state index in [0.29, 0.717) is 6.54 Å². The van der Waals surface area contributed by atoms with E-state index >= 15 is 0 Å². The number of anilines is 1. The number of halogens is 4. The first-order valence-electron chi connectivity index (χ1n) is 8.07. The second-order valence-corrected chi connectivity index (χ2v) is 6.59. The third kappa shape index (κ3) is 4.45. The fraction of sp³-hybridized carbons (Fsp3) is 0.529. The molecule has 1 aliphatic heterocycles. The molecule has 1 aromatic rings. The predicted molar refractivity (Wildman–Crippen MR) is 89.5 cm³/mol. The summed E-state index contributed by atoms with van der Waals surface area (Å²) in [5.74, 6) is -1.14. The zero-order valence-electron chi connectivity index (χ0n) is 14.1. The van der Waals surface area contributed by atoms with Crippen molar-refractivity contribution in [3.63, 3.8) is 0 Å². The molecule has 1 saturated heterocycles. The molecule has 0 spiro atoms. The molecule has 0 radical (unpaired) electrons. The fourth-order valence-electron chi connectivity index (χ4n) is 2.82. The van der Waals surface area contributed by atoms with Gasteiger partial charge >= 0.3 is 6.18 Å². The molecule has 138 valence electrons. The zero-order valence-corrected chi connectivity index (χ0v) is 14.8. The Kier molecular flexibility index (Phi) is 5.98. The summed E-state index contributed by atoms with van der Waals surface area (Å²) in [5, 5.41) is 0.0498. The summed E-state index contributed by atoms with van der Waals surface area (Å²) in [4.78, 5) is 27.4. The number of hydrogen-bond donors (Lipinski definition) is 0. The van der Waals surface area contributed by atoms with Gasteiger partial charge < -0.3 is 9.80 Å². The number of amides is 2. The van der Waals surface area contributed by atoms with E-state index in [1.807, 2.05) is 6.92 Å². The quantitative estimate of drug-likeness (QED) is 0.780. The van der Waals surface area contributed by atoms with Crippen molar-refractivity contribution in [3.05, 3.63) is 28.8 Å². The predicted octanol–water partition coefficient (Wildman–Crippen LogP) is 3.97. The van der Waals surface area contributed by atoms with Crippen LogP contribution < -0.4 is 4.90 Å². The normalized spacial score (nSPS) is 17.9. The Morgan fingerprint density at radius 2 is 2.08 bits per heavy atom. The molecule has 1 heterocycles. The second kappa shape index (κ2) is 7.64. The van der Waals surface area contributed by atoms with Crippen LogP contribution in [0, 0.1) is 5.92 Å². The van der Waals surface area contributed by atoms with Crippen LogP contribution in [0.1, 0.15) is 31.7 Å². The van der Waals surface area contributed by atoms with E-state index in [9.17, 15) is 22.8 Å². The lowest BCUT2D eigenvalue weighted by Gasteiger charge is -2.22. The van der Waals surface area contributed by atoms with Crippen molar-refractivity contribution >= 4 is 29.1 Å². The number of nitrogens with zero attached hydrogens (tertiary/aromatic N) is 2. The average Bonchev–Trinajstić information content (AvgIpc) is 2.92. The number of carbonyl (C=O) groups is 2. The van der Waals surface area contributed by atoms with Gasteiger partial charge in [-0.1, -0.05) is 24.9 Å².